The average Bonchev–Trinajstić information content (AvgIpc) is 3.16. The first kappa shape index (κ1) is 18.5. The molecule has 2 heterocycles. The van der Waals surface area contributed by atoms with Crippen molar-refractivity contribution in [2.45, 2.75) is 6.92 Å². The Bertz CT molecular complexity index is 993. The van der Waals surface area contributed by atoms with Crippen LogP contribution in [0.3, 0.4) is 0 Å². The van der Waals surface area contributed by atoms with E-state index in [0.717, 1.165) is 54.2 Å². The van der Waals surface area contributed by atoms with Gasteiger partial charge in [0.15, 0.2) is 5.78 Å². The Morgan fingerprint density at radius 3 is 2.43 bits per heavy atom. The molecule has 28 heavy (non-hydrogen) atoms. The minimum atomic E-state index is -0.0261. The Morgan fingerprint density at radius 2 is 1.71 bits per heavy atom. The van der Waals surface area contributed by atoms with E-state index in [1.54, 1.807) is 6.92 Å². The van der Waals surface area contributed by atoms with E-state index in [0.29, 0.717) is 6.54 Å². The fourth-order valence-electron chi connectivity index (χ4n) is 3.33. The average molecular weight is 395 g/mol. The minimum Gasteiger partial charge on any atom is -0.369 e. The van der Waals surface area contributed by atoms with Crippen LogP contribution in [0, 0.1) is 0 Å². The molecule has 1 saturated heterocycles. The van der Waals surface area contributed by atoms with Crippen LogP contribution in [0.1, 0.15) is 17.3 Å². The number of nitrogens with zero attached hydrogens (tertiary/aromatic N) is 4. The highest BCUT2D eigenvalue weighted by Crippen LogP contribution is 2.19. The van der Waals surface area contributed by atoms with Crippen molar-refractivity contribution in [2.75, 3.05) is 42.9 Å². The van der Waals surface area contributed by atoms with Crippen molar-refractivity contribution in [3.63, 3.8) is 0 Å². The highest BCUT2D eigenvalue weighted by molar-refractivity contribution is 7.00. The standard InChI is InChI=1S/C20H21N5O2S/c1-14(26)15-2-5-17(6-3-15)25-10-8-24(9-11-25)13-20(27)21-16-4-7-18-19(12-16)23-28-22-18/h2-7,12H,8-11,13H2,1H3,(H,21,27). The van der Waals surface area contributed by atoms with Crippen molar-refractivity contribution in [3.05, 3.63) is 48.0 Å². The number of anilines is 2. The van der Waals surface area contributed by atoms with Crippen molar-refractivity contribution >= 4 is 45.8 Å². The number of aromatic nitrogens is 2. The summed E-state index contributed by atoms with van der Waals surface area (Å²) in [6.07, 6.45) is 0. The zero-order valence-electron chi connectivity index (χ0n) is 15.6. The number of hydrogen-bond donors (Lipinski definition) is 1. The number of fused-ring (bicyclic) bond motifs is 1. The summed E-state index contributed by atoms with van der Waals surface area (Å²) < 4.78 is 8.37. The highest BCUT2D eigenvalue weighted by Gasteiger charge is 2.19. The lowest BCUT2D eigenvalue weighted by atomic mass is 10.1. The minimum absolute atomic E-state index is 0.0261. The number of ketones is 1. The lowest BCUT2D eigenvalue weighted by Crippen LogP contribution is -2.48. The summed E-state index contributed by atoms with van der Waals surface area (Å²) in [5.41, 5.74) is 4.22. The van der Waals surface area contributed by atoms with Crippen LogP contribution in [0.25, 0.3) is 11.0 Å². The van der Waals surface area contributed by atoms with E-state index in [-0.39, 0.29) is 11.7 Å². The molecule has 0 atom stereocenters. The monoisotopic (exact) mass is 395 g/mol. The van der Waals surface area contributed by atoms with Crippen molar-refractivity contribution in [3.8, 4) is 0 Å². The number of carbonyl (C=O) groups excluding carboxylic acids is 2. The first-order valence-corrected chi connectivity index (χ1v) is 9.92. The number of amides is 1. The molecule has 1 aliphatic heterocycles. The normalized spacial score (nSPS) is 15.0. The predicted molar refractivity (Wildman–Crippen MR) is 111 cm³/mol. The van der Waals surface area contributed by atoms with Crippen LogP contribution in [0.4, 0.5) is 11.4 Å². The Balaban J connectivity index is 1.28. The first-order chi connectivity index (χ1) is 13.6. The van der Waals surface area contributed by atoms with Crippen LogP contribution < -0.4 is 10.2 Å². The molecule has 3 aromatic rings. The Hall–Kier alpha value is -2.84. The summed E-state index contributed by atoms with van der Waals surface area (Å²) in [5.74, 6) is 0.0503. The molecule has 0 radical (unpaired) electrons. The molecule has 1 fully saturated rings. The van der Waals surface area contributed by atoms with Gasteiger partial charge in [-0.15, -0.1) is 0 Å². The third kappa shape index (κ3) is 4.18. The zero-order valence-corrected chi connectivity index (χ0v) is 16.4. The molecule has 0 unspecified atom stereocenters. The lowest BCUT2D eigenvalue weighted by Gasteiger charge is -2.35. The molecule has 7 nitrogen and oxygen atoms in total. The Labute approximate surface area is 167 Å². The van der Waals surface area contributed by atoms with Gasteiger partial charge in [-0.05, 0) is 49.4 Å². The molecule has 0 aliphatic carbocycles. The summed E-state index contributed by atoms with van der Waals surface area (Å²) in [5, 5.41) is 2.94. The predicted octanol–water partition coefficient (Wildman–Crippen LogP) is 2.65. The third-order valence-electron chi connectivity index (χ3n) is 4.92. The van der Waals surface area contributed by atoms with Gasteiger partial charge in [-0.1, -0.05) is 0 Å². The number of Topliss-reactive ketones (excluding diaryl/α,β-unsaturated/α-hetero) is 1. The Kier molecular flexibility index (Phi) is 5.31. The van der Waals surface area contributed by atoms with Gasteiger partial charge in [-0.25, -0.2) is 0 Å². The second kappa shape index (κ2) is 8.04. The topological polar surface area (TPSA) is 78.4 Å². The molecule has 1 aliphatic rings. The van der Waals surface area contributed by atoms with Crippen LogP contribution in [0.15, 0.2) is 42.5 Å². The fraction of sp³-hybridized carbons (Fsp3) is 0.300. The van der Waals surface area contributed by atoms with Crippen molar-refractivity contribution in [1.82, 2.24) is 13.6 Å². The molecule has 1 aromatic heterocycles. The molecule has 144 valence electrons. The van der Waals surface area contributed by atoms with Crippen LogP contribution in [0.2, 0.25) is 0 Å². The summed E-state index contributed by atoms with van der Waals surface area (Å²) in [6, 6.07) is 13.3. The number of nitrogens with one attached hydrogen (secondary N) is 1. The molecule has 1 amide bonds. The maximum atomic E-state index is 12.4. The summed E-state index contributed by atoms with van der Waals surface area (Å²) in [4.78, 5) is 28.2. The SMILES string of the molecule is CC(=O)c1ccc(N2CCN(CC(=O)Nc3ccc4nsnc4c3)CC2)cc1. The van der Waals surface area contributed by atoms with E-state index in [4.69, 9.17) is 0 Å². The van der Waals surface area contributed by atoms with Gasteiger partial charge in [0.25, 0.3) is 0 Å². The number of benzene rings is 2. The summed E-state index contributed by atoms with van der Waals surface area (Å²) in [7, 11) is 0. The molecule has 1 N–H and O–H groups in total. The van der Waals surface area contributed by atoms with Gasteiger partial charge >= 0.3 is 0 Å². The zero-order chi connectivity index (χ0) is 19.5. The van der Waals surface area contributed by atoms with E-state index >= 15 is 0 Å². The fourth-order valence-corrected chi connectivity index (χ4v) is 3.85. The maximum absolute atomic E-state index is 12.4. The van der Waals surface area contributed by atoms with Crippen LogP contribution in [0.5, 0.6) is 0 Å². The summed E-state index contributed by atoms with van der Waals surface area (Å²) >= 11 is 1.17. The van der Waals surface area contributed by atoms with E-state index in [1.807, 2.05) is 42.5 Å². The largest absolute Gasteiger partial charge is 0.369 e. The number of rotatable bonds is 5. The third-order valence-corrected chi connectivity index (χ3v) is 5.47. The lowest BCUT2D eigenvalue weighted by molar-refractivity contribution is -0.117. The molecule has 2 aromatic carbocycles. The summed E-state index contributed by atoms with van der Waals surface area (Å²) in [6.45, 7) is 5.27. The first-order valence-electron chi connectivity index (χ1n) is 9.19. The van der Waals surface area contributed by atoms with Crippen LogP contribution in [-0.4, -0.2) is 58.1 Å². The van der Waals surface area contributed by atoms with Gasteiger partial charge in [0, 0.05) is 43.1 Å². The highest BCUT2D eigenvalue weighted by atomic mass is 32.1. The van der Waals surface area contributed by atoms with Gasteiger partial charge in [0.2, 0.25) is 5.91 Å². The second-order valence-electron chi connectivity index (χ2n) is 6.88. The van der Waals surface area contributed by atoms with Crippen LogP contribution >= 0.6 is 11.7 Å². The molecular weight excluding hydrogens is 374 g/mol. The van der Waals surface area contributed by atoms with E-state index < -0.39 is 0 Å². The molecular formula is C20H21N5O2S. The van der Waals surface area contributed by atoms with Crippen molar-refractivity contribution in [2.24, 2.45) is 0 Å². The van der Waals surface area contributed by atoms with E-state index in [2.05, 4.69) is 23.9 Å². The molecule has 8 heteroatoms. The molecule has 0 saturated carbocycles. The quantitative estimate of drug-likeness (QED) is 0.669. The molecule has 4 rings (SSSR count). The number of piperazine rings is 1. The van der Waals surface area contributed by atoms with E-state index in [9.17, 15) is 9.59 Å². The van der Waals surface area contributed by atoms with Crippen LogP contribution in [-0.2, 0) is 4.79 Å². The van der Waals surface area contributed by atoms with Gasteiger partial charge in [0.05, 0.1) is 18.3 Å². The molecule has 0 bridgehead atoms. The Morgan fingerprint density at radius 1 is 1.00 bits per heavy atom. The maximum Gasteiger partial charge on any atom is 0.238 e. The van der Waals surface area contributed by atoms with Gasteiger partial charge in [0.1, 0.15) is 11.0 Å². The van der Waals surface area contributed by atoms with Gasteiger partial charge in [-0.3, -0.25) is 14.5 Å². The van der Waals surface area contributed by atoms with Gasteiger partial charge in [-0.2, -0.15) is 8.75 Å². The van der Waals surface area contributed by atoms with Crippen molar-refractivity contribution < 1.29 is 9.59 Å². The van der Waals surface area contributed by atoms with E-state index in [1.165, 1.54) is 11.7 Å². The van der Waals surface area contributed by atoms with Crippen molar-refractivity contribution in [1.29, 1.82) is 0 Å². The molecule has 0 spiro atoms. The number of hydrogen-bond acceptors (Lipinski definition) is 7. The smallest absolute Gasteiger partial charge is 0.238 e. The second-order valence-corrected chi connectivity index (χ2v) is 7.41. The number of carbonyl (C=O) groups is 2. The van der Waals surface area contributed by atoms with Gasteiger partial charge < -0.3 is 10.2 Å².